The molecule has 1 aliphatic carbocycles. The van der Waals surface area contributed by atoms with Crippen molar-refractivity contribution in [3.63, 3.8) is 0 Å². The van der Waals surface area contributed by atoms with E-state index in [9.17, 15) is 4.79 Å². The van der Waals surface area contributed by atoms with Gasteiger partial charge in [0.25, 0.3) is 0 Å². The molecule has 4 heteroatoms. The van der Waals surface area contributed by atoms with Gasteiger partial charge < -0.3 is 15.8 Å². The van der Waals surface area contributed by atoms with Crippen molar-refractivity contribution in [2.75, 3.05) is 12.4 Å². The topological polar surface area (TPSA) is 64.3 Å². The zero-order valence-electron chi connectivity index (χ0n) is 10.6. The summed E-state index contributed by atoms with van der Waals surface area (Å²) in [4.78, 5) is 10.9. The monoisotopic (exact) mass is 254 g/mol. The summed E-state index contributed by atoms with van der Waals surface area (Å²) in [6, 6.07) is 11.4. The minimum Gasteiger partial charge on any atom is -0.497 e. The van der Waals surface area contributed by atoms with E-state index in [0.717, 1.165) is 17.9 Å². The van der Waals surface area contributed by atoms with Gasteiger partial charge in [-0.1, -0.05) is 12.1 Å². The van der Waals surface area contributed by atoms with Crippen molar-refractivity contribution in [3.05, 3.63) is 47.5 Å². The number of hydrogen-bond donors (Lipinski definition) is 2. The van der Waals surface area contributed by atoms with E-state index < -0.39 is 6.03 Å². The van der Waals surface area contributed by atoms with E-state index in [2.05, 4.69) is 17.4 Å². The Labute approximate surface area is 111 Å². The van der Waals surface area contributed by atoms with E-state index in [1.165, 1.54) is 22.3 Å². The number of carbonyl (C=O) groups is 1. The van der Waals surface area contributed by atoms with Crippen LogP contribution in [0, 0.1) is 0 Å². The predicted octanol–water partition coefficient (Wildman–Crippen LogP) is 2.76. The molecule has 3 rings (SSSR count). The highest BCUT2D eigenvalue weighted by atomic mass is 16.5. The Kier molecular flexibility index (Phi) is 2.63. The van der Waals surface area contributed by atoms with Gasteiger partial charge in [-0.3, -0.25) is 0 Å². The molecule has 96 valence electrons. The van der Waals surface area contributed by atoms with Crippen LogP contribution in [0.2, 0.25) is 0 Å². The molecule has 19 heavy (non-hydrogen) atoms. The molecule has 0 unspecified atom stereocenters. The lowest BCUT2D eigenvalue weighted by molar-refractivity contribution is 0.259. The summed E-state index contributed by atoms with van der Waals surface area (Å²) in [6.07, 6.45) is 0.843. The Morgan fingerprint density at radius 2 is 1.84 bits per heavy atom. The van der Waals surface area contributed by atoms with Crippen LogP contribution in [0.3, 0.4) is 0 Å². The standard InChI is InChI=1S/C15H14N2O2/c1-19-12-3-5-14-10(8-12)6-9-7-11(17-15(16)18)2-4-13(9)14/h2-5,7-8H,6H2,1H3,(H3,16,17,18). The number of carbonyl (C=O) groups excluding carboxylic acids is 1. The molecule has 0 fully saturated rings. The van der Waals surface area contributed by atoms with Gasteiger partial charge in [0.1, 0.15) is 5.75 Å². The van der Waals surface area contributed by atoms with Crippen LogP contribution < -0.4 is 15.8 Å². The fourth-order valence-corrected chi connectivity index (χ4v) is 2.53. The first-order valence-corrected chi connectivity index (χ1v) is 6.04. The summed E-state index contributed by atoms with van der Waals surface area (Å²) in [5.74, 6) is 0.863. The molecule has 0 aromatic heterocycles. The van der Waals surface area contributed by atoms with Crippen LogP contribution >= 0.6 is 0 Å². The first kappa shape index (κ1) is 11.6. The molecule has 0 radical (unpaired) electrons. The Bertz CT molecular complexity index is 665. The fraction of sp³-hybridized carbons (Fsp3) is 0.133. The number of urea groups is 1. The van der Waals surface area contributed by atoms with Crippen LogP contribution in [0.4, 0.5) is 10.5 Å². The van der Waals surface area contributed by atoms with E-state index in [4.69, 9.17) is 10.5 Å². The molecule has 3 N–H and O–H groups in total. The van der Waals surface area contributed by atoms with Gasteiger partial charge in [0.2, 0.25) is 0 Å². The third-order valence-electron chi connectivity index (χ3n) is 3.36. The molecule has 4 nitrogen and oxygen atoms in total. The summed E-state index contributed by atoms with van der Waals surface area (Å²) in [5.41, 5.74) is 10.7. The largest absolute Gasteiger partial charge is 0.497 e. The number of hydrogen-bond acceptors (Lipinski definition) is 2. The summed E-state index contributed by atoms with van der Waals surface area (Å²) >= 11 is 0. The van der Waals surface area contributed by atoms with Gasteiger partial charge in [0.05, 0.1) is 7.11 Å². The van der Waals surface area contributed by atoms with Gasteiger partial charge in [-0.15, -0.1) is 0 Å². The minimum atomic E-state index is -0.544. The average Bonchev–Trinajstić information content (AvgIpc) is 2.74. The van der Waals surface area contributed by atoms with Crippen molar-refractivity contribution in [1.82, 2.24) is 0 Å². The Morgan fingerprint density at radius 1 is 1.16 bits per heavy atom. The zero-order chi connectivity index (χ0) is 13.4. The summed E-state index contributed by atoms with van der Waals surface area (Å²) < 4.78 is 5.24. The maximum atomic E-state index is 10.9. The number of benzene rings is 2. The van der Waals surface area contributed by atoms with E-state index in [1.807, 2.05) is 24.3 Å². The van der Waals surface area contributed by atoms with Gasteiger partial charge in [-0.2, -0.15) is 0 Å². The molecule has 0 spiro atoms. The highest BCUT2D eigenvalue weighted by molar-refractivity contribution is 5.89. The smallest absolute Gasteiger partial charge is 0.316 e. The molecular weight excluding hydrogens is 240 g/mol. The maximum absolute atomic E-state index is 10.9. The average molecular weight is 254 g/mol. The number of rotatable bonds is 2. The number of nitrogens with two attached hydrogens (primary N) is 1. The van der Waals surface area contributed by atoms with Crippen LogP contribution in [0.1, 0.15) is 11.1 Å². The summed E-state index contributed by atoms with van der Waals surface area (Å²) in [7, 11) is 1.67. The zero-order valence-corrected chi connectivity index (χ0v) is 10.6. The number of fused-ring (bicyclic) bond motifs is 3. The molecular formula is C15H14N2O2. The lowest BCUT2D eigenvalue weighted by atomic mass is 10.1. The second-order valence-corrected chi connectivity index (χ2v) is 4.56. The van der Waals surface area contributed by atoms with Gasteiger partial charge in [0.15, 0.2) is 0 Å². The molecule has 0 saturated heterocycles. The maximum Gasteiger partial charge on any atom is 0.316 e. The van der Waals surface area contributed by atoms with E-state index in [-0.39, 0.29) is 0 Å². The van der Waals surface area contributed by atoms with E-state index in [0.29, 0.717) is 0 Å². The van der Waals surface area contributed by atoms with Crippen molar-refractivity contribution in [2.45, 2.75) is 6.42 Å². The lowest BCUT2D eigenvalue weighted by Gasteiger charge is -2.05. The first-order valence-electron chi connectivity index (χ1n) is 6.04. The fourth-order valence-electron chi connectivity index (χ4n) is 2.53. The number of nitrogens with one attached hydrogen (secondary N) is 1. The van der Waals surface area contributed by atoms with Crippen LogP contribution in [-0.4, -0.2) is 13.1 Å². The molecule has 2 amide bonds. The summed E-state index contributed by atoms with van der Waals surface area (Å²) in [6.45, 7) is 0. The third-order valence-corrected chi connectivity index (χ3v) is 3.36. The van der Waals surface area contributed by atoms with Crippen LogP contribution in [0.15, 0.2) is 36.4 Å². The van der Waals surface area contributed by atoms with Crippen molar-refractivity contribution in [3.8, 4) is 16.9 Å². The third kappa shape index (κ3) is 2.01. The second-order valence-electron chi connectivity index (χ2n) is 4.56. The Balaban J connectivity index is 2.00. The highest BCUT2D eigenvalue weighted by Crippen LogP contribution is 2.39. The van der Waals surface area contributed by atoms with Crippen molar-refractivity contribution in [2.24, 2.45) is 5.73 Å². The lowest BCUT2D eigenvalue weighted by Crippen LogP contribution is -2.19. The molecule has 2 aromatic rings. The second kappa shape index (κ2) is 4.31. The SMILES string of the molecule is COc1ccc2c(c1)Cc1cc(NC(N)=O)ccc1-2. The molecule has 0 aliphatic heterocycles. The molecule has 0 saturated carbocycles. The minimum absolute atomic E-state index is 0.544. The number of amides is 2. The Morgan fingerprint density at radius 3 is 2.53 bits per heavy atom. The molecule has 0 atom stereocenters. The number of methoxy groups -OCH3 is 1. The van der Waals surface area contributed by atoms with Gasteiger partial charge >= 0.3 is 6.03 Å². The van der Waals surface area contributed by atoms with E-state index in [1.54, 1.807) is 7.11 Å². The number of anilines is 1. The van der Waals surface area contributed by atoms with Crippen LogP contribution in [-0.2, 0) is 6.42 Å². The molecule has 2 aromatic carbocycles. The van der Waals surface area contributed by atoms with Gasteiger partial charge in [-0.05, 0) is 52.9 Å². The van der Waals surface area contributed by atoms with Gasteiger partial charge in [0, 0.05) is 5.69 Å². The Hall–Kier alpha value is -2.49. The molecule has 1 aliphatic rings. The van der Waals surface area contributed by atoms with Gasteiger partial charge in [-0.25, -0.2) is 4.79 Å². The normalized spacial score (nSPS) is 11.6. The van der Waals surface area contributed by atoms with Crippen molar-refractivity contribution >= 4 is 11.7 Å². The predicted molar refractivity (Wildman–Crippen MR) is 74.4 cm³/mol. The molecule has 0 bridgehead atoms. The van der Waals surface area contributed by atoms with Crippen LogP contribution in [0.25, 0.3) is 11.1 Å². The molecule has 0 heterocycles. The van der Waals surface area contributed by atoms with Crippen molar-refractivity contribution < 1.29 is 9.53 Å². The van der Waals surface area contributed by atoms with Crippen molar-refractivity contribution in [1.29, 1.82) is 0 Å². The quantitative estimate of drug-likeness (QED) is 0.738. The highest BCUT2D eigenvalue weighted by Gasteiger charge is 2.19. The van der Waals surface area contributed by atoms with Crippen LogP contribution in [0.5, 0.6) is 5.75 Å². The number of primary amides is 1. The van der Waals surface area contributed by atoms with E-state index >= 15 is 0 Å². The first-order chi connectivity index (χ1) is 9.17. The summed E-state index contributed by atoms with van der Waals surface area (Å²) in [5, 5.41) is 2.60. The number of ether oxygens (including phenoxy) is 1.